The first kappa shape index (κ1) is 20.7. The number of hydrogen-bond acceptors (Lipinski definition) is 4. The van der Waals surface area contributed by atoms with Crippen LogP contribution in [0.5, 0.6) is 5.75 Å². The number of imidazole rings is 1. The van der Waals surface area contributed by atoms with Gasteiger partial charge in [-0.25, -0.2) is 9.97 Å². The Balaban J connectivity index is 0.00000261. The zero-order valence-electron chi connectivity index (χ0n) is 15.3. The van der Waals surface area contributed by atoms with Crippen LogP contribution in [0.1, 0.15) is 11.1 Å². The Hall–Kier alpha value is -2.62. The highest BCUT2D eigenvalue weighted by Crippen LogP contribution is 2.16. The van der Waals surface area contributed by atoms with Crippen LogP contribution in [0, 0.1) is 0 Å². The van der Waals surface area contributed by atoms with Crippen LogP contribution in [-0.2, 0) is 13.1 Å². The number of methoxy groups -OCH3 is 1. The third-order valence-corrected chi connectivity index (χ3v) is 3.90. The van der Waals surface area contributed by atoms with E-state index in [1.165, 1.54) is 0 Å². The molecule has 142 valence electrons. The third kappa shape index (κ3) is 5.68. The summed E-state index contributed by atoms with van der Waals surface area (Å²) in [5.41, 5.74) is 2.14. The number of para-hydroxylation sites is 1. The number of rotatable bonds is 6. The second-order valence-electron chi connectivity index (χ2n) is 5.59. The van der Waals surface area contributed by atoms with Crippen LogP contribution in [0.4, 0.5) is 0 Å². The zero-order chi connectivity index (χ0) is 18.2. The minimum atomic E-state index is 0. The number of benzene rings is 1. The summed E-state index contributed by atoms with van der Waals surface area (Å²) in [5.74, 6) is 2.41. The Morgan fingerprint density at radius 2 is 1.96 bits per heavy atom. The predicted octanol–water partition coefficient (Wildman–Crippen LogP) is 2.76. The Labute approximate surface area is 175 Å². The maximum atomic E-state index is 5.37. The highest BCUT2D eigenvalue weighted by molar-refractivity contribution is 14.0. The van der Waals surface area contributed by atoms with Crippen molar-refractivity contribution in [3.05, 3.63) is 72.4 Å². The van der Waals surface area contributed by atoms with Crippen molar-refractivity contribution in [3.63, 3.8) is 0 Å². The van der Waals surface area contributed by atoms with Crippen molar-refractivity contribution < 1.29 is 4.74 Å². The number of pyridine rings is 1. The molecule has 7 nitrogen and oxygen atoms in total. The Morgan fingerprint density at radius 3 is 2.63 bits per heavy atom. The van der Waals surface area contributed by atoms with Gasteiger partial charge in [-0.15, -0.1) is 24.0 Å². The van der Waals surface area contributed by atoms with Crippen LogP contribution in [0.2, 0.25) is 0 Å². The second-order valence-corrected chi connectivity index (χ2v) is 5.59. The average molecular weight is 478 g/mol. The van der Waals surface area contributed by atoms with Crippen molar-refractivity contribution in [2.45, 2.75) is 13.1 Å². The average Bonchev–Trinajstić information content (AvgIpc) is 3.23. The maximum absolute atomic E-state index is 5.37. The van der Waals surface area contributed by atoms with Gasteiger partial charge >= 0.3 is 0 Å². The van der Waals surface area contributed by atoms with E-state index in [4.69, 9.17) is 4.74 Å². The number of nitrogens with one attached hydrogen (secondary N) is 2. The first-order valence-corrected chi connectivity index (χ1v) is 8.30. The Kier molecular flexibility index (Phi) is 8.05. The van der Waals surface area contributed by atoms with E-state index in [-0.39, 0.29) is 24.0 Å². The van der Waals surface area contributed by atoms with Gasteiger partial charge in [-0.05, 0) is 17.7 Å². The highest BCUT2D eigenvalue weighted by Gasteiger charge is 2.04. The molecular formula is C19H23IN6O. The third-order valence-electron chi connectivity index (χ3n) is 3.90. The summed E-state index contributed by atoms with van der Waals surface area (Å²) in [4.78, 5) is 12.7. The van der Waals surface area contributed by atoms with Gasteiger partial charge in [0.2, 0.25) is 0 Å². The van der Waals surface area contributed by atoms with Crippen molar-refractivity contribution >= 4 is 29.9 Å². The fourth-order valence-electron chi connectivity index (χ4n) is 2.50. The van der Waals surface area contributed by atoms with Crippen LogP contribution in [0.25, 0.3) is 5.82 Å². The highest BCUT2D eigenvalue weighted by atomic mass is 127. The van der Waals surface area contributed by atoms with E-state index in [1.54, 1.807) is 26.7 Å². The molecule has 8 heteroatoms. The zero-order valence-corrected chi connectivity index (χ0v) is 17.6. The fourth-order valence-corrected chi connectivity index (χ4v) is 2.50. The van der Waals surface area contributed by atoms with Crippen LogP contribution < -0.4 is 15.4 Å². The quantitative estimate of drug-likeness (QED) is 0.324. The van der Waals surface area contributed by atoms with Crippen molar-refractivity contribution in [3.8, 4) is 11.6 Å². The molecular weight excluding hydrogens is 455 g/mol. The van der Waals surface area contributed by atoms with E-state index in [2.05, 4.69) is 25.6 Å². The van der Waals surface area contributed by atoms with Gasteiger partial charge in [0.05, 0.1) is 7.11 Å². The van der Waals surface area contributed by atoms with Gasteiger partial charge in [0.15, 0.2) is 5.96 Å². The molecule has 0 saturated carbocycles. The van der Waals surface area contributed by atoms with E-state index in [9.17, 15) is 0 Å². The molecule has 0 atom stereocenters. The Bertz CT molecular complexity index is 849. The molecule has 0 amide bonds. The first-order valence-electron chi connectivity index (χ1n) is 8.30. The number of halogens is 1. The second kappa shape index (κ2) is 10.5. The molecule has 0 unspecified atom stereocenters. The molecule has 1 aromatic carbocycles. The standard InChI is InChI=1S/C19H22N6O.HI/c1-20-19(24-13-16-5-3-4-6-17(16)26-2)23-12-15-7-8-18(22-11-15)25-10-9-21-14-25;/h3-11,14H,12-13H2,1-2H3,(H2,20,23,24);1H. The molecule has 0 saturated heterocycles. The number of ether oxygens (including phenoxy) is 1. The molecule has 2 heterocycles. The predicted molar refractivity (Wildman–Crippen MR) is 117 cm³/mol. The summed E-state index contributed by atoms with van der Waals surface area (Å²) in [6.07, 6.45) is 7.16. The minimum absolute atomic E-state index is 0. The number of aromatic nitrogens is 3. The largest absolute Gasteiger partial charge is 0.496 e. The van der Waals surface area contributed by atoms with Crippen LogP contribution >= 0.6 is 24.0 Å². The van der Waals surface area contributed by atoms with Gasteiger partial charge in [0.25, 0.3) is 0 Å². The van der Waals surface area contributed by atoms with Crippen molar-refractivity contribution in [1.29, 1.82) is 0 Å². The summed E-state index contributed by atoms with van der Waals surface area (Å²) >= 11 is 0. The van der Waals surface area contributed by atoms with E-state index in [1.807, 2.05) is 53.4 Å². The normalized spacial score (nSPS) is 10.8. The molecule has 27 heavy (non-hydrogen) atoms. The Morgan fingerprint density at radius 1 is 1.15 bits per heavy atom. The smallest absolute Gasteiger partial charge is 0.191 e. The molecule has 2 aromatic heterocycles. The summed E-state index contributed by atoms with van der Waals surface area (Å²) in [5, 5.41) is 6.58. The number of nitrogens with zero attached hydrogens (tertiary/aromatic N) is 4. The fraction of sp³-hybridized carbons (Fsp3) is 0.211. The van der Waals surface area contributed by atoms with E-state index >= 15 is 0 Å². The maximum Gasteiger partial charge on any atom is 0.191 e. The molecule has 0 bridgehead atoms. The number of guanidine groups is 1. The van der Waals surface area contributed by atoms with Gasteiger partial charge in [0.1, 0.15) is 17.9 Å². The van der Waals surface area contributed by atoms with Crippen molar-refractivity contribution in [2.75, 3.05) is 14.2 Å². The lowest BCUT2D eigenvalue weighted by Crippen LogP contribution is -2.36. The van der Waals surface area contributed by atoms with Crippen LogP contribution in [0.3, 0.4) is 0 Å². The van der Waals surface area contributed by atoms with E-state index in [0.29, 0.717) is 13.1 Å². The van der Waals surface area contributed by atoms with E-state index in [0.717, 1.165) is 28.7 Å². The molecule has 0 aliphatic carbocycles. The summed E-state index contributed by atoms with van der Waals surface area (Å²) in [6.45, 7) is 1.25. The number of hydrogen-bond donors (Lipinski definition) is 2. The van der Waals surface area contributed by atoms with Gasteiger partial charge in [-0.2, -0.15) is 0 Å². The molecule has 2 N–H and O–H groups in total. The van der Waals surface area contributed by atoms with E-state index < -0.39 is 0 Å². The van der Waals surface area contributed by atoms with Crippen LogP contribution in [-0.4, -0.2) is 34.7 Å². The van der Waals surface area contributed by atoms with Crippen molar-refractivity contribution in [1.82, 2.24) is 25.2 Å². The number of aliphatic imine (C=N–C) groups is 1. The van der Waals surface area contributed by atoms with Crippen LogP contribution in [0.15, 0.2) is 66.3 Å². The summed E-state index contributed by atoms with van der Waals surface area (Å²) in [7, 11) is 3.42. The topological polar surface area (TPSA) is 76.4 Å². The molecule has 3 rings (SSSR count). The minimum Gasteiger partial charge on any atom is -0.496 e. The molecule has 0 aliphatic heterocycles. The molecule has 0 radical (unpaired) electrons. The van der Waals surface area contributed by atoms with Gasteiger partial charge < -0.3 is 15.4 Å². The monoisotopic (exact) mass is 478 g/mol. The molecule has 3 aromatic rings. The van der Waals surface area contributed by atoms with Gasteiger partial charge in [0, 0.05) is 44.3 Å². The molecule has 0 aliphatic rings. The lowest BCUT2D eigenvalue weighted by atomic mass is 10.2. The molecule has 0 fully saturated rings. The summed E-state index contributed by atoms with van der Waals surface area (Å²) in [6, 6.07) is 11.9. The lowest BCUT2D eigenvalue weighted by molar-refractivity contribution is 0.409. The molecule has 0 spiro atoms. The first-order chi connectivity index (χ1) is 12.8. The van der Waals surface area contributed by atoms with Crippen molar-refractivity contribution in [2.24, 2.45) is 4.99 Å². The van der Waals surface area contributed by atoms with Gasteiger partial charge in [-0.1, -0.05) is 24.3 Å². The summed E-state index contributed by atoms with van der Waals surface area (Å²) < 4.78 is 7.23. The van der Waals surface area contributed by atoms with Gasteiger partial charge in [-0.3, -0.25) is 9.56 Å². The SMILES string of the molecule is CN=C(NCc1ccc(-n2ccnc2)nc1)NCc1ccccc1OC.I. The lowest BCUT2D eigenvalue weighted by Gasteiger charge is -2.14.